The topological polar surface area (TPSA) is 87.1 Å². The molecule has 0 aliphatic heterocycles. The van der Waals surface area contributed by atoms with Crippen molar-refractivity contribution in [2.75, 3.05) is 13.6 Å². The molecule has 23 heavy (non-hydrogen) atoms. The Labute approximate surface area is 137 Å². The standard InChI is InChI=1S/C15H19N5O2S/c1-10-3-4-13(22-10)12(21)8-18-14(16-2)17-7-11-9-20-5-6-23-15(20)19-11/h3-6,9,12,21H,7-8H2,1-2H3,(H2,16,17,18). The minimum absolute atomic E-state index is 0.310. The third kappa shape index (κ3) is 3.72. The van der Waals surface area contributed by atoms with Gasteiger partial charge in [0.1, 0.15) is 17.6 Å². The van der Waals surface area contributed by atoms with E-state index in [0.29, 0.717) is 24.8 Å². The van der Waals surface area contributed by atoms with Crippen LogP contribution in [0.15, 0.2) is 39.3 Å². The van der Waals surface area contributed by atoms with E-state index in [9.17, 15) is 5.11 Å². The molecule has 0 bridgehead atoms. The van der Waals surface area contributed by atoms with Crippen molar-refractivity contribution in [1.29, 1.82) is 0 Å². The Morgan fingerprint density at radius 2 is 2.35 bits per heavy atom. The third-order valence-electron chi connectivity index (χ3n) is 3.36. The van der Waals surface area contributed by atoms with Gasteiger partial charge in [0.05, 0.1) is 18.8 Å². The molecule has 0 aliphatic rings. The average Bonchev–Trinajstić information content (AvgIpc) is 3.22. The summed E-state index contributed by atoms with van der Waals surface area (Å²) in [7, 11) is 1.69. The van der Waals surface area contributed by atoms with Crippen molar-refractivity contribution in [3.05, 3.63) is 47.1 Å². The number of furan rings is 1. The number of nitrogens with zero attached hydrogens (tertiary/aromatic N) is 3. The zero-order valence-electron chi connectivity index (χ0n) is 13.0. The summed E-state index contributed by atoms with van der Waals surface area (Å²) < 4.78 is 7.39. The van der Waals surface area contributed by atoms with Gasteiger partial charge < -0.3 is 20.2 Å². The first-order chi connectivity index (χ1) is 11.2. The summed E-state index contributed by atoms with van der Waals surface area (Å²) in [6.07, 6.45) is 3.23. The predicted octanol–water partition coefficient (Wildman–Crippen LogP) is 1.70. The number of aliphatic hydroxyl groups is 1. The third-order valence-corrected chi connectivity index (χ3v) is 4.13. The smallest absolute Gasteiger partial charge is 0.193 e. The van der Waals surface area contributed by atoms with E-state index in [1.807, 2.05) is 35.2 Å². The van der Waals surface area contributed by atoms with Crippen LogP contribution in [-0.4, -0.2) is 34.0 Å². The Bertz CT molecular complexity index is 775. The van der Waals surface area contributed by atoms with Crippen LogP contribution < -0.4 is 10.6 Å². The van der Waals surface area contributed by atoms with Crippen LogP contribution in [0.5, 0.6) is 0 Å². The van der Waals surface area contributed by atoms with Gasteiger partial charge in [-0.1, -0.05) is 0 Å². The van der Waals surface area contributed by atoms with Crippen LogP contribution >= 0.6 is 11.3 Å². The quantitative estimate of drug-likeness (QED) is 0.489. The number of aryl methyl sites for hydroxylation is 1. The summed E-state index contributed by atoms with van der Waals surface area (Å²) in [6.45, 7) is 2.72. The van der Waals surface area contributed by atoms with Gasteiger partial charge in [-0.25, -0.2) is 4.98 Å². The fraction of sp³-hybridized carbons (Fsp3) is 0.333. The molecule has 0 aromatic carbocycles. The number of imidazole rings is 1. The molecule has 3 aromatic rings. The molecule has 8 heteroatoms. The molecule has 0 amide bonds. The van der Waals surface area contributed by atoms with E-state index in [0.717, 1.165) is 16.4 Å². The molecular weight excluding hydrogens is 314 g/mol. The van der Waals surface area contributed by atoms with Gasteiger partial charge in [0.15, 0.2) is 10.9 Å². The molecule has 1 unspecified atom stereocenters. The van der Waals surface area contributed by atoms with Crippen molar-refractivity contribution in [1.82, 2.24) is 20.0 Å². The number of fused-ring (bicyclic) bond motifs is 1. The minimum atomic E-state index is -0.722. The lowest BCUT2D eigenvalue weighted by Gasteiger charge is -2.13. The number of thiazole rings is 1. The summed E-state index contributed by atoms with van der Waals surface area (Å²) >= 11 is 1.60. The van der Waals surface area contributed by atoms with E-state index in [1.54, 1.807) is 24.5 Å². The highest BCUT2D eigenvalue weighted by molar-refractivity contribution is 7.15. The summed E-state index contributed by atoms with van der Waals surface area (Å²) in [6, 6.07) is 3.60. The summed E-state index contributed by atoms with van der Waals surface area (Å²) in [4.78, 5) is 9.60. The summed E-state index contributed by atoms with van der Waals surface area (Å²) in [5, 5.41) is 18.3. The zero-order chi connectivity index (χ0) is 16.2. The van der Waals surface area contributed by atoms with Gasteiger partial charge in [-0.15, -0.1) is 11.3 Å². The van der Waals surface area contributed by atoms with Crippen molar-refractivity contribution in [3.63, 3.8) is 0 Å². The van der Waals surface area contributed by atoms with E-state index in [4.69, 9.17) is 4.42 Å². The first-order valence-electron chi connectivity index (χ1n) is 7.25. The number of aliphatic hydroxyl groups excluding tert-OH is 1. The number of rotatable bonds is 5. The van der Waals surface area contributed by atoms with Crippen LogP contribution in [-0.2, 0) is 6.54 Å². The highest BCUT2D eigenvalue weighted by Crippen LogP contribution is 2.15. The lowest BCUT2D eigenvalue weighted by atomic mass is 10.3. The lowest BCUT2D eigenvalue weighted by Crippen LogP contribution is -2.39. The molecule has 3 N–H and O–H groups in total. The number of aromatic nitrogens is 2. The van der Waals surface area contributed by atoms with Gasteiger partial charge in [0.2, 0.25) is 0 Å². The summed E-state index contributed by atoms with van der Waals surface area (Å²) in [5.41, 5.74) is 0.932. The van der Waals surface area contributed by atoms with E-state index < -0.39 is 6.10 Å². The highest BCUT2D eigenvalue weighted by Gasteiger charge is 2.12. The van der Waals surface area contributed by atoms with Crippen molar-refractivity contribution in [2.24, 2.45) is 4.99 Å². The maximum Gasteiger partial charge on any atom is 0.193 e. The molecule has 3 aromatic heterocycles. The SMILES string of the molecule is CN=C(NCc1cn2ccsc2n1)NCC(O)c1ccc(C)o1. The molecule has 3 rings (SSSR count). The Hall–Kier alpha value is -2.32. The van der Waals surface area contributed by atoms with Crippen LogP contribution in [0.3, 0.4) is 0 Å². The van der Waals surface area contributed by atoms with E-state index in [-0.39, 0.29) is 0 Å². The van der Waals surface area contributed by atoms with Gasteiger partial charge in [-0.2, -0.15) is 0 Å². The molecule has 0 fully saturated rings. The Morgan fingerprint density at radius 3 is 3.04 bits per heavy atom. The normalized spacial score (nSPS) is 13.4. The average molecular weight is 333 g/mol. The first-order valence-corrected chi connectivity index (χ1v) is 8.13. The highest BCUT2D eigenvalue weighted by atomic mass is 32.1. The molecule has 7 nitrogen and oxygen atoms in total. The van der Waals surface area contributed by atoms with Crippen LogP contribution in [0.2, 0.25) is 0 Å². The molecule has 122 valence electrons. The van der Waals surface area contributed by atoms with Gasteiger partial charge in [-0.3, -0.25) is 9.39 Å². The number of hydrogen-bond acceptors (Lipinski definition) is 5. The van der Waals surface area contributed by atoms with Gasteiger partial charge >= 0.3 is 0 Å². The van der Waals surface area contributed by atoms with E-state index in [2.05, 4.69) is 20.6 Å². The van der Waals surface area contributed by atoms with Gasteiger partial charge in [-0.05, 0) is 19.1 Å². The molecule has 0 saturated heterocycles. The number of guanidine groups is 1. The second-order valence-electron chi connectivity index (χ2n) is 5.10. The first kappa shape index (κ1) is 15.6. The number of hydrogen-bond donors (Lipinski definition) is 3. The fourth-order valence-electron chi connectivity index (χ4n) is 2.18. The van der Waals surface area contributed by atoms with Crippen molar-refractivity contribution < 1.29 is 9.52 Å². The fourth-order valence-corrected chi connectivity index (χ4v) is 2.90. The minimum Gasteiger partial charge on any atom is -0.464 e. The largest absolute Gasteiger partial charge is 0.464 e. The van der Waals surface area contributed by atoms with Crippen molar-refractivity contribution >= 4 is 22.3 Å². The van der Waals surface area contributed by atoms with Crippen molar-refractivity contribution in [3.8, 4) is 0 Å². The Balaban J connectivity index is 1.51. The Kier molecular flexibility index (Phi) is 4.63. The number of aliphatic imine (C=N–C) groups is 1. The van der Waals surface area contributed by atoms with Gasteiger partial charge in [0.25, 0.3) is 0 Å². The second-order valence-corrected chi connectivity index (χ2v) is 5.97. The van der Waals surface area contributed by atoms with E-state index in [1.165, 1.54) is 0 Å². The maximum atomic E-state index is 10.1. The summed E-state index contributed by atoms with van der Waals surface area (Å²) in [5.74, 6) is 1.92. The van der Waals surface area contributed by atoms with Crippen LogP contribution in [0, 0.1) is 6.92 Å². The lowest BCUT2D eigenvalue weighted by molar-refractivity contribution is 0.151. The molecule has 0 radical (unpaired) electrons. The van der Waals surface area contributed by atoms with Crippen molar-refractivity contribution in [2.45, 2.75) is 19.6 Å². The molecule has 1 atom stereocenters. The maximum absolute atomic E-state index is 10.1. The molecule has 0 saturated carbocycles. The number of nitrogens with one attached hydrogen (secondary N) is 2. The monoisotopic (exact) mass is 333 g/mol. The predicted molar refractivity (Wildman–Crippen MR) is 89.7 cm³/mol. The second kappa shape index (κ2) is 6.84. The van der Waals surface area contributed by atoms with Crippen LogP contribution in [0.4, 0.5) is 0 Å². The van der Waals surface area contributed by atoms with Crippen LogP contribution in [0.25, 0.3) is 4.96 Å². The molecule has 3 heterocycles. The molecule has 0 aliphatic carbocycles. The van der Waals surface area contributed by atoms with Gasteiger partial charge in [0, 0.05) is 24.8 Å². The molecule has 0 spiro atoms. The Morgan fingerprint density at radius 1 is 1.48 bits per heavy atom. The van der Waals surface area contributed by atoms with Crippen LogP contribution in [0.1, 0.15) is 23.3 Å². The zero-order valence-corrected chi connectivity index (χ0v) is 13.8. The molecular formula is C15H19N5O2S. The van der Waals surface area contributed by atoms with E-state index >= 15 is 0 Å².